The van der Waals surface area contributed by atoms with E-state index in [-0.39, 0.29) is 12.6 Å². The summed E-state index contributed by atoms with van der Waals surface area (Å²) in [4.78, 5) is 24.3. The summed E-state index contributed by atoms with van der Waals surface area (Å²) in [6, 6.07) is 6.01. The molecular formula is C19H24N4O2. The SMILES string of the molecule is CC(C)CN(CO)c1cncc(-c2ccc3c(c2)CCC(=O)N3C)n1. The van der Waals surface area contributed by atoms with Crippen LogP contribution in [-0.4, -0.2) is 41.3 Å². The largest absolute Gasteiger partial charge is 0.376 e. The number of aliphatic hydroxyl groups excluding tert-OH is 1. The van der Waals surface area contributed by atoms with Crippen LogP contribution in [0.15, 0.2) is 30.6 Å². The van der Waals surface area contributed by atoms with Gasteiger partial charge in [0.1, 0.15) is 12.5 Å². The summed E-state index contributed by atoms with van der Waals surface area (Å²) in [6.45, 7) is 4.82. The quantitative estimate of drug-likeness (QED) is 0.847. The average Bonchev–Trinajstić information content (AvgIpc) is 2.62. The van der Waals surface area contributed by atoms with Gasteiger partial charge in [0.2, 0.25) is 5.91 Å². The van der Waals surface area contributed by atoms with Gasteiger partial charge in [0.15, 0.2) is 0 Å². The molecule has 0 atom stereocenters. The van der Waals surface area contributed by atoms with Crippen molar-refractivity contribution in [1.29, 1.82) is 0 Å². The summed E-state index contributed by atoms with van der Waals surface area (Å²) >= 11 is 0. The van der Waals surface area contributed by atoms with Crippen molar-refractivity contribution in [2.45, 2.75) is 26.7 Å². The fourth-order valence-corrected chi connectivity index (χ4v) is 3.13. The number of aryl methyl sites for hydroxylation is 1. The molecule has 132 valence electrons. The van der Waals surface area contributed by atoms with E-state index in [1.807, 2.05) is 24.1 Å². The summed E-state index contributed by atoms with van der Waals surface area (Å²) in [5.41, 5.74) is 3.84. The van der Waals surface area contributed by atoms with E-state index < -0.39 is 0 Å². The van der Waals surface area contributed by atoms with E-state index in [9.17, 15) is 9.90 Å². The standard InChI is InChI=1S/C19H24N4O2/c1-13(2)11-23(12-24)18-10-20-9-16(21-18)14-4-6-17-15(8-14)5-7-19(25)22(17)3/h4,6,8-10,13,24H,5,7,11-12H2,1-3H3. The molecule has 3 rings (SSSR count). The Kier molecular flexibility index (Phi) is 4.99. The zero-order chi connectivity index (χ0) is 18.0. The Bertz CT molecular complexity index is 776. The predicted octanol–water partition coefficient (Wildman–Crippen LogP) is 2.46. The molecule has 1 N–H and O–H groups in total. The number of rotatable bonds is 5. The van der Waals surface area contributed by atoms with Crippen molar-refractivity contribution in [2.24, 2.45) is 5.92 Å². The lowest BCUT2D eigenvalue weighted by Crippen LogP contribution is -2.31. The normalized spacial score (nSPS) is 14.0. The number of carbonyl (C=O) groups excluding carboxylic acids is 1. The number of benzene rings is 1. The highest BCUT2D eigenvalue weighted by Crippen LogP contribution is 2.31. The summed E-state index contributed by atoms with van der Waals surface area (Å²) in [6.07, 6.45) is 4.68. The van der Waals surface area contributed by atoms with E-state index in [1.165, 1.54) is 0 Å². The third-order valence-electron chi connectivity index (χ3n) is 4.42. The van der Waals surface area contributed by atoms with Crippen LogP contribution in [0, 0.1) is 5.92 Å². The Morgan fingerprint density at radius 2 is 2.08 bits per heavy atom. The van der Waals surface area contributed by atoms with Gasteiger partial charge in [0, 0.05) is 31.3 Å². The van der Waals surface area contributed by atoms with Crippen LogP contribution in [-0.2, 0) is 11.2 Å². The first-order valence-corrected chi connectivity index (χ1v) is 8.57. The van der Waals surface area contributed by atoms with Crippen LogP contribution < -0.4 is 9.80 Å². The van der Waals surface area contributed by atoms with Gasteiger partial charge in [-0.1, -0.05) is 19.9 Å². The van der Waals surface area contributed by atoms with E-state index >= 15 is 0 Å². The Morgan fingerprint density at radius 3 is 2.80 bits per heavy atom. The molecule has 0 saturated carbocycles. The van der Waals surface area contributed by atoms with E-state index in [4.69, 9.17) is 0 Å². The van der Waals surface area contributed by atoms with Crippen molar-refractivity contribution in [3.63, 3.8) is 0 Å². The minimum Gasteiger partial charge on any atom is -0.376 e. The van der Waals surface area contributed by atoms with Gasteiger partial charge in [-0.25, -0.2) is 4.98 Å². The van der Waals surface area contributed by atoms with Crippen LogP contribution in [0.1, 0.15) is 25.8 Å². The maximum Gasteiger partial charge on any atom is 0.227 e. The minimum atomic E-state index is -0.0899. The lowest BCUT2D eigenvalue weighted by molar-refractivity contribution is -0.118. The Hall–Kier alpha value is -2.47. The molecule has 2 aromatic rings. The van der Waals surface area contributed by atoms with E-state index in [2.05, 4.69) is 29.9 Å². The fraction of sp³-hybridized carbons (Fsp3) is 0.421. The van der Waals surface area contributed by atoms with Crippen LogP contribution in [0.25, 0.3) is 11.3 Å². The lowest BCUT2D eigenvalue weighted by atomic mass is 9.98. The highest BCUT2D eigenvalue weighted by Gasteiger charge is 2.21. The molecule has 0 spiro atoms. The number of hydrogen-bond donors (Lipinski definition) is 1. The second-order valence-electron chi connectivity index (χ2n) is 6.82. The summed E-state index contributed by atoms with van der Waals surface area (Å²) in [7, 11) is 1.81. The van der Waals surface area contributed by atoms with E-state index in [1.54, 1.807) is 17.3 Å². The van der Waals surface area contributed by atoms with E-state index in [0.29, 0.717) is 24.7 Å². The van der Waals surface area contributed by atoms with Crippen LogP contribution in [0.5, 0.6) is 0 Å². The Labute approximate surface area is 148 Å². The molecule has 0 aliphatic carbocycles. The van der Waals surface area contributed by atoms with Crippen molar-refractivity contribution in [3.8, 4) is 11.3 Å². The summed E-state index contributed by atoms with van der Waals surface area (Å²) in [5.74, 6) is 1.22. The molecule has 1 aliphatic rings. The number of anilines is 2. The first-order chi connectivity index (χ1) is 12.0. The third kappa shape index (κ3) is 3.64. The number of fused-ring (bicyclic) bond motifs is 1. The first-order valence-electron chi connectivity index (χ1n) is 8.57. The molecule has 25 heavy (non-hydrogen) atoms. The van der Waals surface area contributed by atoms with E-state index in [0.717, 1.165) is 28.9 Å². The van der Waals surface area contributed by atoms with Gasteiger partial charge in [-0.2, -0.15) is 0 Å². The molecule has 0 unspecified atom stereocenters. The van der Waals surface area contributed by atoms with Crippen molar-refractivity contribution >= 4 is 17.4 Å². The highest BCUT2D eigenvalue weighted by atomic mass is 16.3. The molecule has 0 saturated heterocycles. The molecular weight excluding hydrogens is 316 g/mol. The smallest absolute Gasteiger partial charge is 0.227 e. The molecule has 0 bridgehead atoms. The molecule has 1 aliphatic heterocycles. The first kappa shape index (κ1) is 17.4. The Morgan fingerprint density at radius 1 is 1.28 bits per heavy atom. The fourth-order valence-electron chi connectivity index (χ4n) is 3.13. The summed E-state index contributed by atoms with van der Waals surface area (Å²) < 4.78 is 0. The van der Waals surface area contributed by atoms with Crippen molar-refractivity contribution in [2.75, 3.05) is 30.1 Å². The van der Waals surface area contributed by atoms with Crippen molar-refractivity contribution in [3.05, 3.63) is 36.2 Å². The monoisotopic (exact) mass is 340 g/mol. The molecule has 2 heterocycles. The van der Waals surface area contributed by atoms with Crippen LogP contribution >= 0.6 is 0 Å². The van der Waals surface area contributed by atoms with Crippen LogP contribution in [0.4, 0.5) is 11.5 Å². The highest BCUT2D eigenvalue weighted by molar-refractivity contribution is 5.96. The molecule has 6 nitrogen and oxygen atoms in total. The second-order valence-corrected chi connectivity index (χ2v) is 6.82. The van der Waals surface area contributed by atoms with Crippen molar-refractivity contribution in [1.82, 2.24) is 9.97 Å². The molecule has 0 fully saturated rings. The molecule has 0 radical (unpaired) electrons. The molecule has 1 aromatic carbocycles. The number of amides is 1. The van der Waals surface area contributed by atoms with Crippen molar-refractivity contribution < 1.29 is 9.90 Å². The average molecular weight is 340 g/mol. The molecule has 1 amide bonds. The van der Waals surface area contributed by atoms with Gasteiger partial charge in [0.05, 0.1) is 18.1 Å². The van der Waals surface area contributed by atoms with Gasteiger partial charge >= 0.3 is 0 Å². The topological polar surface area (TPSA) is 69.6 Å². The zero-order valence-corrected chi connectivity index (χ0v) is 14.9. The maximum absolute atomic E-state index is 11.8. The van der Waals surface area contributed by atoms with Gasteiger partial charge < -0.3 is 14.9 Å². The van der Waals surface area contributed by atoms with Crippen LogP contribution in [0.3, 0.4) is 0 Å². The number of carbonyl (C=O) groups is 1. The van der Waals surface area contributed by atoms with Gasteiger partial charge in [-0.15, -0.1) is 0 Å². The number of hydrogen-bond acceptors (Lipinski definition) is 5. The number of aromatic nitrogens is 2. The zero-order valence-electron chi connectivity index (χ0n) is 14.9. The van der Waals surface area contributed by atoms with Gasteiger partial charge in [-0.05, 0) is 30.0 Å². The molecule has 1 aromatic heterocycles. The Balaban J connectivity index is 1.92. The predicted molar refractivity (Wildman–Crippen MR) is 98.5 cm³/mol. The van der Waals surface area contributed by atoms with Gasteiger partial charge in [-0.3, -0.25) is 9.78 Å². The third-order valence-corrected chi connectivity index (χ3v) is 4.42. The number of nitrogens with zero attached hydrogens (tertiary/aromatic N) is 4. The second kappa shape index (κ2) is 7.19. The summed E-state index contributed by atoms with van der Waals surface area (Å²) in [5, 5.41) is 9.62. The molecule has 6 heteroatoms. The number of aliphatic hydroxyl groups is 1. The lowest BCUT2D eigenvalue weighted by Gasteiger charge is -2.26. The van der Waals surface area contributed by atoms with Crippen LogP contribution in [0.2, 0.25) is 0 Å². The minimum absolute atomic E-state index is 0.0899. The van der Waals surface area contributed by atoms with Gasteiger partial charge in [0.25, 0.3) is 0 Å². The maximum atomic E-state index is 11.8.